The van der Waals surface area contributed by atoms with Crippen LogP contribution in [0.5, 0.6) is 11.5 Å². The van der Waals surface area contributed by atoms with Crippen molar-refractivity contribution in [1.82, 2.24) is 9.55 Å². The minimum Gasteiger partial charge on any atom is -0.493 e. The molecule has 0 saturated carbocycles. The van der Waals surface area contributed by atoms with Gasteiger partial charge in [0.05, 0.1) is 26.3 Å². The first-order valence-corrected chi connectivity index (χ1v) is 9.21. The van der Waals surface area contributed by atoms with Crippen LogP contribution in [0.1, 0.15) is 5.69 Å². The van der Waals surface area contributed by atoms with Crippen LogP contribution in [0.2, 0.25) is 0 Å². The molecule has 8 heteroatoms. The van der Waals surface area contributed by atoms with Crippen LogP contribution in [0, 0.1) is 0 Å². The molecule has 130 valence electrons. The highest BCUT2D eigenvalue weighted by atomic mass is 32.1. The molecule has 25 heavy (non-hydrogen) atoms. The maximum absolute atomic E-state index is 12.1. The largest absolute Gasteiger partial charge is 0.493 e. The van der Waals surface area contributed by atoms with Gasteiger partial charge in [0, 0.05) is 29.6 Å². The minimum absolute atomic E-state index is 0.182. The van der Waals surface area contributed by atoms with E-state index in [4.69, 9.17) is 9.47 Å². The van der Waals surface area contributed by atoms with E-state index in [1.165, 1.54) is 22.7 Å². The Morgan fingerprint density at radius 1 is 1.24 bits per heavy atom. The molecule has 0 bridgehead atoms. The van der Waals surface area contributed by atoms with Gasteiger partial charge >= 0.3 is 0 Å². The second kappa shape index (κ2) is 7.62. The number of benzene rings is 1. The lowest BCUT2D eigenvalue weighted by atomic mass is 10.2. The molecule has 0 saturated heterocycles. The number of carbonyl (C=O) groups excluding carboxylic acids is 1. The van der Waals surface area contributed by atoms with E-state index in [0.29, 0.717) is 22.0 Å². The molecule has 0 N–H and O–H groups in total. The molecule has 0 aliphatic rings. The van der Waals surface area contributed by atoms with Gasteiger partial charge in [-0.15, -0.1) is 22.7 Å². The molecule has 0 fully saturated rings. The summed E-state index contributed by atoms with van der Waals surface area (Å²) in [4.78, 5) is 21.5. The Morgan fingerprint density at radius 2 is 2.04 bits per heavy atom. The normalized spacial score (nSPS) is 11.6. The summed E-state index contributed by atoms with van der Waals surface area (Å²) < 4.78 is 12.4. The highest BCUT2D eigenvalue weighted by Crippen LogP contribution is 2.33. The Labute approximate surface area is 153 Å². The topological polar surface area (TPSA) is 65.7 Å². The summed E-state index contributed by atoms with van der Waals surface area (Å²) in [7, 11) is 5.06. The van der Waals surface area contributed by atoms with Gasteiger partial charge in [0.2, 0.25) is 0 Å². The van der Waals surface area contributed by atoms with Gasteiger partial charge in [-0.2, -0.15) is 4.99 Å². The summed E-state index contributed by atoms with van der Waals surface area (Å²) in [5.74, 6) is 1.11. The van der Waals surface area contributed by atoms with Crippen molar-refractivity contribution in [1.29, 1.82) is 0 Å². The molecule has 0 atom stereocenters. The Bertz CT molecular complexity index is 956. The van der Waals surface area contributed by atoms with E-state index in [9.17, 15) is 4.79 Å². The number of amides is 1. The molecule has 0 aliphatic carbocycles. The number of hydrogen-bond acceptors (Lipinski definition) is 6. The van der Waals surface area contributed by atoms with Gasteiger partial charge in [0.1, 0.15) is 5.01 Å². The second-order valence-corrected chi connectivity index (χ2v) is 6.92. The molecule has 0 aliphatic heterocycles. The monoisotopic (exact) mass is 375 g/mol. The third-order valence-corrected chi connectivity index (χ3v) is 5.28. The molecule has 0 unspecified atom stereocenters. The Kier molecular flexibility index (Phi) is 5.30. The van der Waals surface area contributed by atoms with Crippen LogP contribution < -0.4 is 14.3 Å². The fraction of sp³-hybridized carbons (Fsp3) is 0.235. The van der Waals surface area contributed by atoms with Crippen molar-refractivity contribution >= 4 is 28.6 Å². The Balaban J connectivity index is 1.79. The molecular weight excluding hydrogens is 358 g/mol. The fourth-order valence-electron chi connectivity index (χ4n) is 2.23. The molecule has 1 amide bonds. The summed E-state index contributed by atoms with van der Waals surface area (Å²) in [6.07, 6.45) is 2.05. The van der Waals surface area contributed by atoms with E-state index in [2.05, 4.69) is 9.98 Å². The molecule has 6 nitrogen and oxygen atoms in total. The van der Waals surface area contributed by atoms with Gasteiger partial charge in [-0.1, -0.05) is 0 Å². The van der Waals surface area contributed by atoms with Gasteiger partial charge in [-0.3, -0.25) is 4.79 Å². The first kappa shape index (κ1) is 17.4. The van der Waals surface area contributed by atoms with E-state index in [1.807, 2.05) is 46.8 Å². The average molecular weight is 375 g/mol. The van der Waals surface area contributed by atoms with E-state index in [-0.39, 0.29) is 12.3 Å². The molecule has 1 aromatic carbocycles. The minimum atomic E-state index is -0.206. The maximum Gasteiger partial charge on any atom is 0.254 e. The molecule has 2 aromatic heterocycles. The third kappa shape index (κ3) is 3.97. The van der Waals surface area contributed by atoms with Crippen LogP contribution in [0.4, 0.5) is 0 Å². The van der Waals surface area contributed by atoms with E-state index in [1.54, 1.807) is 14.2 Å². The zero-order valence-corrected chi connectivity index (χ0v) is 15.7. The van der Waals surface area contributed by atoms with Crippen LogP contribution in [0.15, 0.2) is 40.1 Å². The predicted octanol–water partition coefficient (Wildman–Crippen LogP) is 2.90. The van der Waals surface area contributed by atoms with Crippen molar-refractivity contribution in [2.24, 2.45) is 12.0 Å². The van der Waals surface area contributed by atoms with Crippen LogP contribution in [0.25, 0.3) is 10.6 Å². The van der Waals surface area contributed by atoms with Crippen LogP contribution in [-0.2, 0) is 18.3 Å². The lowest BCUT2D eigenvalue weighted by molar-refractivity contribution is -0.117. The summed E-state index contributed by atoms with van der Waals surface area (Å²) in [6, 6.07) is 5.63. The lowest BCUT2D eigenvalue weighted by Crippen LogP contribution is -2.13. The van der Waals surface area contributed by atoms with E-state index >= 15 is 0 Å². The number of ether oxygens (including phenoxy) is 2. The van der Waals surface area contributed by atoms with Crippen LogP contribution in [-0.4, -0.2) is 29.7 Å². The van der Waals surface area contributed by atoms with Gasteiger partial charge in [-0.25, -0.2) is 4.98 Å². The van der Waals surface area contributed by atoms with Crippen molar-refractivity contribution in [3.8, 4) is 22.1 Å². The summed E-state index contributed by atoms with van der Waals surface area (Å²) in [5, 5.41) is 4.60. The zero-order chi connectivity index (χ0) is 17.8. The number of hydrogen-bond donors (Lipinski definition) is 0. The van der Waals surface area contributed by atoms with Crippen molar-refractivity contribution in [3.63, 3.8) is 0 Å². The standard InChI is InChI=1S/C17H17N3O3S2/c1-20-6-7-24-17(20)19-15(21)9-12-10-25-16(18-12)11-4-5-13(22-2)14(8-11)23-3/h4-8,10H,9H2,1-3H3. The summed E-state index contributed by atoms with van der Waals surface area (Å²) in [6.45, 7) is 0. The first-order valence-electron chi connectivity index (χ1n) is 7.45. The molecule has 3 rings (SSSR count). The molecule has 0 spiro atoms. The number of thiazole rings is 2. The number of aryl methyl sites for hydroxylation is 1. The molecule has 3 aromatic rings. The quantitative estimate of drug-likeness (QED) is 0.688. The van der Waals surface area contributed by atoms with Gasteiger partial charge in [-0.05, 0) is 18.2 Å². The predicted molar refractivity (Wildman–Crippen MR) is 98.2 cm³/mol. The number of aromatic nitrogens is 2. The number of carbonyl (C=O) groups is 1. The molecular formula is C17H17N3O3S2. The van der Waals surface area contributed by atoms with Crippen molar-refractivity contribution in [3.05, 3.63) is 45.7 Å². The van der Waals surface area contributed by atoms with Crippen molar-refractivity contribution in [2.45, 2.75) is 6.42 Å². The average Bonchev–Trinajstić information content (AvgIpc) is 3.24. The number of nitrogens with zero attached hydrogens (tertiary/aromatic N) is 3. The summed E-state index contributed by atoms with van der Waals surface area (Å²) in [5.41, 5.74) is 1.63. The molecule has 0 radical (unpaired) electrons. The highest BCUT2D eigenvalue weighted by Gasteiger charge is 2.11. The van der Waals surface area contributed by atoms with E-state index < -0.39 is 0 Å². The first-order chi connectivity index (χ1) is 12.1. The number of rotatable bonds is 5. The second-order valence-electron chi connectivity index (χ2n) is 5.19. The summed E-state index contributed by atoms with van der Waals surface area (Å²) >= 11 is 2.91. The fourth-order valence-corrected chi connectivity index (χ4v) is 3.79. The van der Waals surface area contributed by atoms with Crippen LogP contribution >= 0.6 is 22.7 Å². The Hall–Kier alpha value is -2.45. The number of methoxy groups -OCH3 is 2. The van der Waals surface area contributed by atoms with E-state index in [0.717, 1.165) is 10.6 Å². The Morgan fingerprint density at radius 3 is 2.72 bits per heavy atom. The highest BCUT2D eigenvalue weighted by molar-refractivity contribution is 7.13. The van der Waals surface area contributed by atoms with Gasteiger partial charge in [0.15, 0.2) is 16.3 Å². The zero-order valence-electron chi connectivity index (χ0n) is 14.1. The third-order valence-electron chi connectivity index (χ3n) is 3.49. The van der Waals surface area contributed by atoms with Crippen molar-refractivity contribution < 1.29 is 14.3 Å². The maximum atomic E-state index is 12.1. The van der Waals surface area contributed by atoms with Crippen LogP contribution in [0.3, 0.4) is 0 Å². The van der Waals surface area contributed by atoms with Gasteiger partial charge < -0.3 is 14.0 Å². The smallest absolute Gasteiger partial charge is 0.254 e. The lowest BCUT2D eigenvalue weighted by Gasteiger charge is -2.08. The molecule has 2 heterocycles. The van der Waals surface area contributed by atoms with Gasteiger partial charge in [0.25, 0.3) is 5.91 Å². The van der Waals surface area contributed by atoms with Crippen molar-refractivity contribution in [2.75, 3.05) is 14.2 Å². The SMILES string of the molecule is COc1ccc(-c2nc(CC(=O)N=c3sccn3C)cs2)cc1OC.